The molecule has 1 aliphatic carbocycles. The van der Waals surface area contributed by atoms with E-state index in [1.165, 1.54) is 24.3 Å². The van der Waals surface area contributed by atoms with Crippen LogP contribution in [0.4, 0.5) is 0 Å². The SMILES string of the molecule is C[C@@H]1CCCC[C@H]1NC(=O)COC(=O)c1ccc2c(c1)S(=O)(=O)c1ccccc1C2=O. The summed E-state index contributed by atoms with van der Waals surface area (Å²) in [5.41, 5.74) is 0.0894. The van der Waals surface area contributed by atoms with E-state index >= 15 is 0 Å². The highest BCUT2D eigenvalue weighted by Crippen LogP contribution is 2.34. The first-order valence-corrected chi connectivity index (χ1v) is 11.8. The molecular weight excluding hydrogens is 418 g/mol. The van der Waals surface area contributed by atoms with Crippen LogP contribution in [0.25, 0.3) is 0 Å². The number of amides is 1. The zero-order valence-electron chi connectivity index (χ0n) is 17.1. The second-order valence-corrected chi connectivity index (χ2v) is 9.94. The van der Waals surface area contributed by atoms with Crippen molar-refractivity contribution in [1.82, 2.24) is 5.32 Å². The van der Waals surface area contributed by atoms with Gasteiger partial charge in [-0.15, -0.1) is 0 Å². The molecule has 0 bridgehead atoms. The van der Waals surface area contributed by atoms with E-state index in [1.54, 1.807) is 12.1 Å². The van der Waals surface area contributed by atoms with Gasteiger partial charge in [-0.05, 0) is 49.1 Å². The van der Waals surface area contributed by atoms with Gasteiger partial charge in [-0.3, -0.25) is 9.59 Å². The van der Waals surface area contributed by atoms with E-state index in [2.05, 4.69) is 12.2 Å². The Labute approximate surface area is 180 Å². The van der Waals surface area contributed by atoms with Crippen LogP contribution >= 0.6 is 0 Å². The zero-order chi connectivity index (χ0) is 22.2. The third kappa shape index (κ3) is 3.99. The lowest BCUT2D eigenvalue weighted by Crippen LogP contribution is -2.42. The third-order valence-corrected chi connectivity index (χ3v) is 7.82. The van der Waals surface area contributed by atoms with E-state index in [4.69, 9.17) is 4.74 Å². The first-order chi connectivity index (χ1) is 14.8. The highest BCUT2D eigenvalue weighted by molar-refractivity contribution is 7.91. The number of esters is 1. The maximum absolute atomic E-state index is 13.0. The molecule has 4 rings (SSSR count). The van der Waals surface area contributed by atoms with Crippen LogP contribution in [0.2, 0.25) is 0 Å². The van der Waals surface area contributed by atoms with Gasteiger partial charge in [0.25, 0.3) is 5.91 Å². The monoisotopic (exact) mass is 441 g/mol. The molecule has 1 fully saturated rings. The number of nitrogens with one attached hydrogen (secondary N) is 1. The number of sulfone groups is 1. The Balaban J connectivity index is 1.49. The normalized spacial score (nSPS) is 21.5. The van der Waals surface area contributed by atoms with Gasteiger partial charge < -0.3 is 10.1 Å². The smallest absolute Gasteiger partial charge is 0.338 e. The first-order valence-electron chi connectivity index (χ1n) is 10.3. The van der Waals surface area contributed by atoms with Crippen molar-refractivity contribution in [2.45, 2.75) is 48.4 Å². The van der Waals surface area contributed by atoms with Crippen LogP contribution in [0.5, 0.6) is 0 Å². The van der Waals surface area contributed by atoms with Crippen LogP contribution in [-0.4, -0.2) is 38.7 Å². The van der Waals surface area contributed by atoms with Crippen LogP contribution in [-0.2, 0) is 19.4 Å². The molecule has 1 aliphatic heterocycles. The van der Waals surface area contributed by atoms with Gasteiger partial charge in [-0.1, -0.05) is 31.9 Å². The number of carbonyl (C=O) groups excluding carboxylic acids is 3. The van der Waals surface area contributed by atoms with Crippen LogP contribution in [0, 0.1) is 5.92 Å². The van der Waals surface area contributed by atoms with E-state index in [9.17, 15) is 22.8 Å². The summed E-state index contributed by atoms with van der Waals surface area (Å²) in [6.45, 7) is 1.64. The van der Waals surface area contributed by atoms with Gasteiger partial charge in [0, 0.05) is 17.2 Å². The summed E-state index contributed by atoms with van der Waals surface area (Å²) in [6.07, 6.45) is 4.16. The Hall–Kier alpha value is -3.00. The average Bonchev–Trinajstić information content (AvgIpc) is 2.77. The molecular formula is C23H23NO6S. The Morgan fingerprint density at radius 2 is 1.74 bits per heavy atom. The average molecular weight is 442 g/mol. The number of ketones is 1. The second-order valence-electron chi connectivity index (χ2n) is 8.05. The fraction of sp³-hybridized carbons (Fsp3) is 0.348. The van der Waals surface area contributed by atoms with Crippen molar-refractivity contribution in [1.29, 1.82) is 0 Å². The summed E-state index contributed by atoms with van der Waals surface area (Å²) in [4.78, 5) is 37.0. The minimum absolute atomic E-state index is 0.0132. The molecule has 0 saturated heterocycles. The van der Waals surface area contributed by atoms with Crippen molar-refractivity contribution in [3.63, 3.8) is 0 Å². The predicted molar refractivity (Wildman–Crippen MR) is 112 cm³/mol. The molecule has 0 aromatic heterocycles. The van der Waals surface area contributed by atoms with Crippen molar-refractivity contribution in [3.05, 3.63) is 59.2 Å². The molecule has 2 aromatic carbocycles. The number of hydrogen-bond donors (Lipinski definition) is 1. The minimum Gasteiger partial charge on any atom is -0.452 e. The van der Waals surface area contributed by atoms with E-state index < -0.39 is 28.2 Å². The Bertz CT molecular complexity index is 1170. The molecule has 8 heteroatoms. The molecule has 31 heavy (non-hydrogen) atoms. The number of benzene rings is 2. The molecule has 0 radical (unpaired) electrons. The molecule has 2 aromatic rings. The lowest BCUT2D eigenvalue weighted by Gasteiger charge is -2.29. The van der Waals surface area contributed by atoms with Gasteiger partial charge in [0.1, 0.15) is 0 Å². The molecule has 2 atom stereocenters. The molecule has 0 unspecified atom stereocenters. The fourth-order valence-corrected chi connectivity index (χ4v) is 5.88. The maximum atomic E-state index is 13.0. The van der Waals surface area contributed by atoms with E-state index in [0.29, 0.717) is 5.92 Å². The molecule has 1 heterocycles. The van der Waals surface area contributed by atoms with Gasteiger partial charge in [0.05, 0.1) is 15.4 Å². The number of fused-ring (bicyclic) bond motifs is 2. The van der Waals surface area contributed by atoms with Crippen molar-refractivity contribution >= 4 is 27.5 Å². The molecule has 162 valence electrons. The summed E-state index contributed by atoms with van der Waals surface area (Å²) in [6, 6.07) is 9.83. The first kappa shape index (κ1) is 21.2. The summed E-state index contributed by atoms with van der Waals surface area (Å²) in [7, 11) is -3.95. The largest absolute Gasteiger partial charge is 0.452 e. The Kier molecular flexibility index (Phi) is 5.66. The predicted octanol–water partition coefficient (Wildman–Crippen LogP) is 2.92. The molecule has 1 amide bonds. The number of ether oxygens (including phenoxy) is 1. The minimum atomic E-state index is -3.95. The molecule has 0 spiro atoms. The molecule has 1 N–H and O–H groups in total. The summed E-state index contributed by atoms with van der Waals surface area (Å²) < 4.78 is 31.0. The summed E-state index contributed by atoms with van der Waals surface area (Å²) in [5.74, 6) is -1.25. The Morgan fingerprint density at radius 1 is 1.03 bits per heavy atom. The van der Waals surface area contributed by atoms with Gasteiger partial charge in [0.15, 0.2) is 12.4 Å². The van der Waals surface area contributed by atoms with Gasteiger partial charge in [-0.2, -0.15) is 0 Å². The van der Waals surface area contributed by atoms with Crippen LogP contribution in [0.1, 0.15) is 58.9 Å². The van der Waals surface area contributed by atoms with Crippen molar-refractivity contribution in [2.75, 3.05) is 6.61 Å². The van der Waals surface area contributed by atoms with E-state index in [1.807, 2.05) is 0 Å². The van der Waals surface area contributed by atoms with E-state index in [-0.39, 0.29) is 38.4 Å². The van der Waals surface area contributed by atoms with Gasteiger partial charge in [0.2, 0.25) is 9.84 Å². The molecule has 2 aliphatic rings. The Morgan fingerprint density at radius 3 is 2.52 bits per heavy atom. The van der Waals surface area contributed by atoms with Crippen LogP contribution < -0.4 is 5.32 Å². The summed E-state index contributed by atoms with van der Waals surface area (Å²) in [5, 5.41) is 2.90. The van der Waals surface area contributed by atoms with Gasteiger partial charge in [-0.25, -0.2) is 13.2 Å². The molecule has 7 nitrogen and oxygen atoms in total. The topological polar surface area (TPSA) is 107 Å². The maximum Gasteiger partial charge on any atom is 0.338 e. The lowest BCUT2D eigenvalue weighted by molar-refractivity contribution is -0.125. The van der Waals surface area contributed by atoms with Gasteiger partial charge >= 0.3 is 5.97 Å². The highest BCUT2D eigenvalue weighted by Gasteiger charge is 2.35. The quantitative estimate of drug-likeness (QED) is 0.624. The lowest BCUT2D eigenvalue weighted by atomic mass is 9.86. The van der Waals surface area contributed by atoms with Crippen molar-refractivity contribution < 1.29 is 27.5 Å². The van der Waals surface area contributed by atoms with E-state index in [0.717, 1.165) is 31.7 Å². The van der Waals surface area contributed by atoms with Crippen molar-refractivity contribution in [2.24, 2.45) is 5.92 Å². The fourth-order valence-electron chi connectivity index (χ4n) is 4.20. The van der Waals surface area contributed by atoms with Crippen LogP contribution in [0.15, 0.2) is 52.3 Å². The number of rotatable bonds is 4. The summed E-state index contributed by atoms with van der Waals surface area (Å²) >= 11 is 0. The number of hydrogen-bond acceptors (Lipinski definition) is 6. The third-order valence-electron chi connectivity index (χ3n) is 5.96. The number of carbonyl (C=O) groups is 3. The standard InChI is InChI=1S/C23H23NO6S/c1-14-6-2-4-8-18(14)24-21(25)13-30-23(27)15-10-11-17-20(12-15)31(28,29)19-9-5-3-7-16(19)22(17)26/h3,5,7,9-12,14,18H,2,4,6,8,13H2,1H3,(H,24,25)/t14-,18-/m1/s1. The van der Waals surface area contributed by atoms with Crippen molar-refractivity contribution in [3.8, 4) is 0 Å². The van der Waals surface area contributed by atoms with Crippen LogP contribution in [0.3, 0.4) is 0 Å². The second kappa shape index (κ2) is 8.26. The zero-order valence-corrected chi connectivity index (χ0v) is 17.9. The molecule has 1 saturated carbocycles. The highest BCUT2D eigenvalue weighted by atomic mass is 32.2.